The number of azide groups is 1. The zero-order valence-corrected chi connectivity index (χ0v) is 13.8. The van der Waals surface area contributed by atoms with Crippen molar-refractivity contribution >= 4 is 7.60 Å². The maximum Gasteiger partial charge on any atom is 0.340 e. The van der Waals surface area contributed by atoms with Gasteiger partial charge in [0, 0.05) is 4.91 Å². The van der Waals surface area contributed by atoms with E-state index in [2.05, 4.69) is 10.0 Å². The molecule has 0 bridgehead atoms. The quantitative estimate of drug-likeness (QED) is 0.279. The lowest BCUT2D eigenvalue weighted by molar-refractivity contribution is 0.128. The van der Waals surface area contributed by atoms with E-state index in [9.17, 15) is 4.57 Å². The Hall–Kier alpha value is -0.540. The predicted octanol–water partition coefficient (Wildman–Crippen LogP) is 5.25. The van der Waals surface area contributed by atoms with Crippen LogP contribution in [-0.2, 0) is 13.6 Å². The first-order valence-electron chi connectivity index (χ1n) is 7.39. The van der Waals surface area contributed by atoms with E-state index in [4.69, 9.17) is 14.6 Å². The molecule has 0 aromatic heterocycles. The van der Waals surface area contributed by atoms with Crippen LogP contribution in [0.15, 0.2) is 5.11 Å². The van der Waals surface area contributed by atoms with Crippen LogP contribution in [-0.4, -0.2) is 18.0 Å². The summed E-state index contributed by atoms with van der Waals surface area (Å²) in [5.74, 6) is -0.624. The van der Waals surface area contributed by atoms with E-state index >= 15 is 0 Å². The minimum Gasteiger partial charge on any atom is -0.306 e. The standard InChI is InChI=1S/C13H26N3O3P/c1-10(2)18-20(17,19-11(3)4)13(15-16-14)12-8-6-5-7-9-12/h10-13H,5-9H2,1-4H3. The summed E-state index contributed by atoms with van der Waals surface area (Å²) in [6.07, 6.45) is 4.68. The van der Waals surface area contributed by atoms with Gasteiger partial charge in [-0.25, -0.2) is 0 Å². The predicted molar refractivity (Wildman–Crippen MR) is 79.6 cm³/mol. The smallest absolute Gasteiger partial charge is 0.306 e. The summed E-state index contributed by atoms with van der Waals surface area (Å²) in [6, 6.07) is 0. The van der Waals surface area contributed by atoms with Crippen LogP contribution >= 0.6 is 7.60 Å². The van der Waals surface area contributed by atoms with Crippen molar-refractivity contribution in [3.63, 3.8) is 0 Å². The Balaban J connectivity index is 3.02. The summed E-state index contributed by atoms with van der Waals surface area (Å²) in [5, 5.41) is 3.79. The third-order valence-electron chi connectivity index (χ3n) is 3.28. The molecule has 1 rings (SSSR count). The topological polar surface area (TPSA) is 84.3 Å². The van der Waals surface area contributed by atoms with Crippen LogP contribution in [0.4, 0.5) is 0 Å². The van der Waals surface area contributed by atoms with Crippen LogP contribution in [0, 0.1) is 5.92 Å². The van der Waals surface area contributed by atoms with E-state index in [0.717, 1.165) is 25.7 Å². The molecule has 1 saturated carbocycles. The molecule has 6 nitrogen and oxygen atoms in total. The van der Waals surface area contributed by atoms with Crippen molar-refractivity contribution in [2.45, 2.75) is 77.8 Å². The van der Waals surface area contributed by atoms with Gasteiger partial charge in [0.15, 0.2) is 0 Å². The molecule has 0 N–H and O–H groups in total. The third-order valence-corrected chi connectivity index (χ3v) is 5.88. The maximum absolute atomic E-state index is 13.1. The van der Waals surface area contributed by atoms with E-state index in [0.29, 0.717) is 0 Å². The summed E-state index contributed by atoms with van der Waals surface area (Å²) < 4.78 is 24.3. The molecule has 1 aliphatic carbocycles. The van der Waals surface area contributed by atoms with Crippen LogP contribution < -0.4 is 0 Å². The van der Waals surface area contributed by atoms with Crippen molar-refractivity contribution in [3.8, 4) is 0 Å². The SMILES string of the molecule is CC(C)OP(=O)(OC(C)C)C(N=[N+]=[N-])C1CCCCC1. The number of hydrogen-bond acceptors (Lipinski definition) is 4. The third kappa shape index (κ3) is 5.10. The molecule has 7 heteroatoms. The number of rotatable bonds is 7. The monoisotopic (exact) mass is 303 g/mol. The summed E-state index contributed by atoms with van der Waals surface area (Å²) in [4.78, 5) is 2.88. The zero-order chi connectivity index (χ0) is 15.2. The first kappa shape index (κ1) is 17.5. The van der Waals surface area contributed by atoms with Crippen LogP contribution in [0.2, 0.25) is 0 Å². The number of hydrogen-bond donors (Lipinski definition) is 0. The molecule has 0 aliphatic heterocycles. The van der Waals surface area contributed by atoms with Crippen molar-refractivity contribution in [2.75, 3.05) is 0 Å². The zero-order valence-electron chi connectivity index (χ0n) is 12.9. The second-order valence-corrected chi connectivity index (χ2v) is 7.90. The lowest BCUT2D eigenvalue weighted by Gasteiger charge is -2.33. The van der Waals surface area contributed by atoms with E-state index in [1.54, 1.807) is 0 Å². The van der Waals surface area contributed by atoms with Crippen molar-refractivity contribution in [3.05, 3.63) is 10.4 Å². The van der Waals surface area contributed by atoms with Gasteiger partial charge in [-0.1, -0.05) is 24.4 Å². The van der Waals surface area contributed by atoms with Gasteiger partial charge in [-0.2, -0.15) is 0 Å². The lowest BCUT2D eigenvalue weighted by Crippen LogP contribution is -2.25. The van der Waals surface area contributed by atoms with Crippen molar-refractivity contribution < 1.29 is 13.6 Å². The van der Waals surface area contributed by atoms with Crippen molar-refractivity contribution in [1.29, 1.82) is 0 Å². The Morgan fingerprint density at radius 2 is 1.60 bits per heavy atom. The average molecular weight is 303 g/mol. The van der Waals surface area contributed by atoms with Crippen molar-refractivity contribution in [1.82, 2.24) is 0 Å². The average Bonchev–Trinajstić information content (AvgIpc) is 2.34. The van der Waals surface area contributed by atoms with Gasteiger partial charge < -0.3 is 9.05 Å². The van der Waals surface area contributed by atoms with Gasteiger partial charge in [-0.15, -0.1) is 0 Å². The fourth-order valence-corrected chi connectivity index (χ4v) is 5.10. The highest BCUT2D eigenvalue weighted by Gasteiger charge is 2.42. The largest absolute Gasteiger partial charge is 0.340 e. The minimum atomic E-state index is -3.45. The maximum atomic E-state index is 13.1. The summed E-state index contributed by atoms with van der Waals surface area (Å²) in [5.41, 5.74) is 8.83. The molecule has 0 radical (unpaired) electrons. The lowest BCUT2D eigenvalue weighted by atomic mass is 9.89. The van der Waals surface area contributed by atoms with Gasteiger partial charge >= 0.3 is 7.60 Å². The summed E-state index contributed by atoms with van der Waals surface area (Å²) >= 11 is 0. The van der Waals surface area contributed by atoms with E-state index in [1.165, 1.54) is 6.42 Å². The Bertz CT molecular complexity index is 374. The second-order valence-electron chi connectivity index (χ2n) is 5.86. The molecule has 116 valence electrons. The fraction of sp³-hybridized carbons (Fsp3) is 1.00. The summed E-state index contributed by atoms with van der Waals surface area (Å²) in [6.45, 7) is 7.24. The molecular formula is C13H26N3O3P. The van der Waals surface area contributed by atoms with Crippen LogP contribution in [0.5, 0.6) is 0 Å². The molecule has 0 saturated heterocycles. The van der Waals surface area contributed by atoms with E-state index in [-0.39, 0.29) is 18.1 Å². The van der Waals surface area contributed by atoms with Crippen LogP contribution in [0.1, 0.15) is 59.8 Å². The van der Waals surface area contributed by atoms with Crippen molar-refractivity contribution in [2.24, 2.45) is 11.0 Å². The number of nitrogens with zero attached hydrogens (tertiary/aromatic N) is 3. The Morgan fingerprint density at radius 1 is 1.10 bits per heavy atom. The molecule has 0 aromatic carbocycles. The van der Waals surface area contributed by atoms with Gasteiger partial charge in [0.05, 0.1) is 12.2 Å². The molecule has 1 aliphatic rings. The highest BCUT2D eigenvalue weighted by molar-refractivity contribution is 7.54. The fourth-order valence-electron chi connectivity index (χ4n) is 2.64. The van der Waals surface area contributed by atoms with E-state index in [1.807, 2.05) is 27.7 Å². The normalized spacial score (nSPS) is 19.1. The first-order chi connectivity index (χ1) is 9.39. The van der Waals surface area contributed by atoms with Crippen LogP contribution in [0.25, 0.3) is 10.4 Å². The molecule has 20 heavy (non-hydrogen) atoms. The molecule has 1 unspecified atom stereocenters. The minimum absolute atomic E-state index is 0.0861. The molecule has 0 aromatic rings. The molecule has 1 atom stereocenters. The molecule has 0 amide bonds. The Morgan fingerprint density at radius 3 is 2.00 bits per heavy atom. The highest BCUT2D eigenvalue weighted by atomic mass is 31.2. The van der Waals surface area contributed by atoms with Gasteiger partial charge in [0.1, 0.15) is 5.78 Å². The molecule has 0 heterocycles. The van der Waals surface area contributed by atoms with Crippen LogP contribution in [0.3, 0.4) is 0 Å². The van der Waals surface area contributed by atoms with E-state index < -0.39 is 13.4 Å². The molecule has 1 fully saturated rings. The first-order valence-corrected chi connectivity index (χ1v) is 9.01. The van der Waals surface area contributed by atoms with Gasteiger partial charge in [-0.3, -0.25) is 4.57 Å². The second kappa shape index (κ2) is 8.04. The summed E-state index contributed by atoms with van der Waals surface area (Å²) in [7, 11) is -3.45. The Labute approximate surface area is 121 Å². The molecule has 0 spiro atoms. The molecular weight excluding hydrogens is 277 g/mol. The Kier molecular flexibility index (Phi) is 7.04. The van der Waals surface area contributed by atoms with Gasteiger partial charge in [-0.05, 0) is 52.0 Å². The van der Waals surface area contributed by atoms with Gasteiger partial charge in [0.25, 0.3) is 0 Å². The van der Waals surface area contributed by atoms with Gasteiger partial charge in [0.2, 0.25) is 0 Å². The highest BCUT2D eigenvalue weighted by Crippen LogP contribution is 2.59.